The van der Waals surface area contributed by atoms with Crippen molar-refractivity contribution in [1.82, 2.24) is 14.9 Å². The molecule has 2 rings (SSSR count). The van der Waals surface area contributed by atoms with E-state index in [0.717, 1.165) is 0 Å². The Balaban J connectivity index is 2.77. The zero-order chi connectivity index (χ0) is 14.3. The van der Waals surface area contributed by atoms with E-state index in [1.54, 1.807) is 0 Å². The topological polar surface area (TPSA) is 130 Å². The van der Waals surface area contributed by atoms with Crippen molar-refractivity contribution in [3.05, 3.63) is 31.6 Å². The second kappa shape index (κ2) is 4.15. The van der Waals surface area contributed by atoms with Gasteiger partial charge in [-0.15, -0.1) is 0 Å². The Morgan fingerprint density at radius 2 is 1.74 bits per heavy atom. The van der Waals surface area contributed by atoms with Crippen molar-refractivity contribution in [2.24, 2.45) is 7.05 Å². The van der Waals surface area contributed by atoms with Gasteiger partial charge < -0.3 is 4.52 Å². The molecular formula is C9H9N5O5. The molecule has 0 N–H and O–H groups in total. The Morgan fingerprint density at radius 3 is 2.26 bits per heavy atom. The van der Waals surface area contributed by atoms with E-state index in [1.165, 1.54) is 25.6 Å². The van der Waals surface area contributed by atoms with Gasteiger partial charge in [-0.05, 0) is 13.8 Å². The molecule has 0 aliphatic carbocycles. The molecule has 2 heterocycles. The van der Waals surface area contributed by atoms with Gasteiger partial charge in [0.25, 0.3) is 5.76 Å². The Kier molecular flexibility index (Phi) is 2.77. The van der Waals surface area contributed by atoms with Crippen LogP contribution in [0.4, 0.5) is 11.4 Å². The highest BCUT2D eigenvalue weighted by atomic mass is 16.6. The maximum absolute atomic E-state index is 11.0. The summed E-state index contributed by atoms with van der Waals surface area (Å²) in [4.78, 5) is 20.6. The predicted octanol–water partition coefficient (Wildman–Crippen LogP) is 1.51. The molecule has 0 radical (unpaired) electrons. The summed E-state index contributed by atoms with van der Waals surface area (Å²) in [5.74, 6) is -0.307. The molecule has 0 fully saturated rings. The van der Waals surface area contributed by atoms with E-state index < -0.39 is 15.5 Å². The van der Waals surface area contributed by atoms with Crippen LogP contribution in [-0.2, 0) is 7.05 Å². The van der Waals surface area contributed by atoms with Gasteiger partial charge in [0.2, 0.25) is 5.69 Å². The van der Waals surface area contributed by atoms with Crippen LogP contribution in [0.5, 0.6) is 0 Å². The summed E-state index contributed by atoms with van der Waals surface area (Å²) in [6.45, 7) is 2.87. The first-order chi connectivity index (χ1) is 8.84. The van der Waals surface area contributed by atoms with Crippen LogP contribution < -0.4 is 0 Å². The first-order valence-electron chi connectivity index (χ1n) is 5.13. The van der Waals surface area contributed by atoms with E-state index in [4.69, 9.17) is 4.52 Å². The second-order valence-electron chi connectivity index (χ2n) is 3.87. The molecule has 0 aromatic carbocycles. The molecule has 0 saturated heterocycles. The molecule has 2 aromatic heterocycles. The molecular weight excluding hydrogens is 258 g/mol. The van der Waals surface area contributed by atoms with Crippen LogP contribution in [0, 0.1) is 34.1 Å². The summed E-state index contributed by atoms with van der Waals surface area (Å²) in [6, 6.07) is 0. The summed E-state index contributed by atoms with van der Waals surface area (Å²) in [5.41, 5.74) is -0.638. The van der Waals surface area contributed by atoms with E-state index in [0.29, 0.717) is 0 Å². The summed E-state index contributed by atoms with van der Waals surface area (Å²) in [5, 5.41) is 29.3. The third-order valence-corrected chi connectivity index (χ3v) is 2.71. The molecule has 0 bridgehead atoms. The molecule has 0 aliphatic heterocycles. The van der Waals surface area contributed by atoms with Gasteiger partial charge in [0.15, 0.2) is 5.69 Å². The highest BCUT2D eigenvalue weighted by molar-refractivity contribution is 5.74. The van der Waals surface area contributed by atoms with Gasteiger partial charge in [0, 0.05) is 7.05 Å². The fourth-order valence-electron chi connectivity index (χ4n) is 1.70. The fourth-order valence-corrected chi connectivity index (χ4v) is 1.70. The van der Waals surface area contributed by atoms with E-state index in [2.05, 4.69) is 10.3 Å². The number of aryl methyl sites for hydroxylation is 2. The molecule has 100 valence electrons. The average molecular weight is 267 g/mol. The van der Waals surface area contributed by atoms with Gasteiger partial charge in [-0.3, -0.25) is 24.9 Å². The van der Waals surface area contributed by atoms with E-state index in [1.807, 2.05) is 0 Å². The fraction of sp³-hybridized carbons (Fsp3) is 0.333. The molecule has 0 spiro atoms. The molecule has 0 aliphatic rings. The normalized spacial score (nSPS) is 10.7. The van der Waals surface area contributed by atoms with E-state index in [-0.39, 0.29) is 28.5 Å². The lowest BCUT2D eigenvalue weighted by Crippen LogP contribution is -1.94. The first kappa shape index (κ1) is 12.7. The van der Waals surface area contributed by atoms with Crippen molar-refractivity contribution in [1.29, 1.82) is 0 Å². The summed E-state index contributed by atoms with van der Waals surface area (Å²) < 4.78 is 6.09. The number of nitrogens with zero attached hydrogens (tertiary/aromatic N) is 5. The minimum absolute atomic E-state index is 0.0394. The van der Waals surface area contributed by atoms with Gasteiger partial charge in [-0.25, -0.2) is 0 Å². The van der Waals surface area contributed by atoms with Gasteiger partial charge in [-0.2, -0.15) is 5.10 Å². The highest BCUT2D eigenvalue weighted by Crippen LogP contribution is 2.38. The van der Waals surface area contributed by atoms with Crippen molar-refractivity contribution in [3.8, 4) is 11.5 Å². The number of nitro groups is 2. The largest absolute Gasteiger partial charge is 0.346 e. The SMILES string of the molecule is Cc1noc(-c2nn(C)c(C)c2[N+](=O)[O-])c1[N+](=O)[O-]. The van der Waals surface area contributed by atoms with Crippen molar-refractivity contribution >= 4 is 11.4 Å². The van der Waals surface area contributed by atoms with Gasteiger partial charge in [-0.1, -0.05) is 5.16 Å². The molecule has 10 nitrogen and oxygen atoms in total. The number of hydrogen-bond donors (Lipinski definition) is 0. The molecule has 19 heavy (non-hydrogen) atoms. The molecule has 0 saturated carbocycles. The zero-order valence-electron chi connectivity index (χ0n) is 10.3. The maximum Gasteiger partial charge on any atom is 0.341 e. The van der Waals surface area contributed by atoms with Crippen LogP contribution in [0.15, 0.2) is 4.52 Å². The van der Waals surface area contributed by atoms with Crippen LogP contribution in [0.25, 0.3) is 11.5 Å². The predicted molar refractivity (Wildman–Crippen MR) is 61.5 cm³/mol. The average Bonchev–Trinajstić information content (AvgIpc) is 2.81. The Labute approximate surface area is 105 Å². The maximum atomic E-state index is 11.0. The highest BCUT2D eigenvalue weighted by Gasteiger charge is 2.35. The lowest BCUT2D eigenvalue weighted by Gasteiger charge is -1.92. The molecule has 0 unspecified atom stereocenters. The van der Waals surface area contributed by atoms with Gasteiger partial charge in [0.1, 0.15) is 5.69 Å². The zero-order valence-corrected chi connectivity index (χ0v) is 10.3. The molecule has 0 atom stereocenters. The summed E-state index contributed by atoms with van der Waals surface area (Å²) >= 11 is 0. The lowest BCUT2D eigenvalue weighted by molar-refractivity contribution is -0.387. The van der Waals surface area contributed by atoms with Crippen LogP contribution in [0.3, 0.4) is 0 Å². The number of rotatable bonds is 3. The monoisotopic (exact) mass is 267 g/mol. The quantitative estimate of drug-likeness (QED) is 0.608. The summed E-state index contributed by atoms with van der Waals surface area (Å²) in [6.07, 6.45) is 0. The Hall–Kier alpha value is -2.78. The van der Waals surface area contributed by atoms with Crippen molar-refractivity contribution in [3.63, 3.8) is 0 Å². The Morgan fingerprint density at radius 1 is 1.16 bits per heavy atom. The van der Waals surface area contributed by atoms with Crippen molar-refractivity contribution in [2.45, 2.75) is 13.8 Å². The molecule has 10 heteroatoms. The third kappa shape index (κ3) is 1.82. The molecule has 2 aromatic rings. The van der Waals surface area contributed by atoms with Crippen LogP contribution in [0.1, 0.15) is 11.4 Å². The van der Waals surface area contributed by atoms with E-state index in [9.17, 15) is 20.2 Å². The van der Waals surface area contributed by atoms with Crippen LogP contribution in [0.2, 0.25) is 0 Å². The minimum Gasteiger partial charge on any atom is -0.346 e. The van der Waals surface area contributed by atoms with Crippen molar-refractivity contribution < 1.29 is 14.4 Å². The van der Waals surface area contributed by atoms with Crippen molar-refractivity contribution in [2.75, 3.05) is 0 Å². The summed E-state index contributed by atoms with van der Waals surface area (Å²) in [7, 11) is 1.50. The van der Waals surface area contributed by atoms with Gasteiger partial charge in [0.05, 0.1) is 9.85 Å². The number of aromatic nitrogens is 3. The standard InChI is InChI=1S/C9H9N5O5/c1-4-7(13(15)16)9(19-11-4)6-8(14(17)18)5(2)12(3)10-6/h1-3H3. The minimum atomic E-state index is -0.699. The van der Waals surface area contributed by atoms with Crippen LogP contribution >= 0.6 is 0 Å². The Bertz CT molecular complexity index is 685. The van der Waals surface area contributed by atoms with Gasteiger partial charge >= 0.3 is 11.4 Å². The lowest BCUT2D eigenvalue weighted by atomic mass is 10.2. The second-order valence-corrected chi connectivity index (χ2v) is 3.87. The van der Waals surface area contributed by atoms with E-state index >= 15 is 0 Å². The number of hydrogen-bond acceptors (Lipinski definition) is 7. The third-order valence-electron chi connectivity index (χ3n) is 2.71. The van der Waals surface area contributed by atoms with Crippen LogP contribution in [-0.4, -0.2) is 24.8 Å². The molecule has 0 amide bonds. The smallest absolute Gasteiger partial charge is 0.341 e. The first-order valence-corrected chi connectivity index (χ1v) is 5.13.